The molecule has 0 aliphatic carbocycles. The van der Waals surface area contributed by atoms with E-state index in [9.17, 15) is 4.39 Å². The second-order valence-electron chi connectivity index (χ2n) is 6.68. The Bertz CT molecular complexity index is 702. The molecule has 0 radical (unpaired) electrons. The van der Waals surface area contributed by atoms with E-state index in [4.69, 9.17) is 11.6 Å². The summed E-state index contributed by atoms with van der Waals surface area (Å²) in [5.74, 6) is 1.80. The number of halogens is 2. The van der Waals surface area contributed by atoms with E-state index in [1.807, 2.05) is 6.92 Å². The Balaban J connectivity index is 1.74. The number of piperidine rings is 1. The number of aryl methyl sites for hydroxylation is 1. The van der Waals surface area contributed by atoms with Gasteiger partial charge in [-0.2, -0.15) is 5.10 Å². The van der Waals surface area contributed by atoms with Crippen molar-refractivity contribution in [2.75, 3.05) is 27.2 Å². The van der Waals surface area contributed by atoms with Gasteiger partial charge in [-0.1, -0.05) is 11.6 Å². The van der Waals surface area contributed by atoms with E-state index in [0.717, 1.165) is 31.2 Å². The summed E-state index contributed by atoms with van der Waals surface area (Å²) in [7, 11) is 4.14. The van der Waals surface area contributed by atoms with Gasteiger partial charge in [-0.05, 0) is 52.2 Å². The van der Waals surface area contributed by atoms with Crippen molar-refractivity contribution in [2.24, 2.45) is 0 Å². The molecule has 1 aliphatic rings. The highest BCUT2D eigenvalue weighted by molar-refractivity contribution is 6.30. The molecular weight excluding hydrogens is 329 g/mol. The molecule has 7 heteroatoms. The van der Waals surface area contributed by atoms with Crippen LogP contribution in [0.4, 0.5) is 4.39 Å². The van der Waals surface area contributed by atoms with Crippen LogP contribution in [0.1, 0.15) is 29.6 Å². The molecule has 2 aromatic rings. The molecule has 1 saturated heterocycles. The van der Waals surface area contributed by atoms with E-state index in [1.54, 1.807) is 12.1 Å². The number of nitrogens with one attached hydrogen (secondary N) is 1. The molecule has 0 amide bonds. The lowest BCUT2D eigenvalue weighted by Gasteiger charge is -2.40. The van der Waals surface area contributed by atoms with Gasteiger partial charge in [0.2, 0.25) is 0 Å². The van der Waals surface area contributed by atoms with Crippen LogP contribution in [0.25, 0.3) is 0 Å². The minimum absolute atomic E-state index is 0.201. The van der Waals surface area contributed by atoms with Crippen LogP contribution in [0.3, 0.4) is 0 Å². The summed E-state index contributed by atoms with van der Waals surface area (Å²) in [6.07, 6.45) is 0.947. The lowest BCUT2D eigenvalue weighted by molar-refractivity contribution is 0.104. The standard InChI is InChI=1S/C17H23ClFN5/c1-11-20-17(22-21-11)14-6-7-24(10-16(14)23(2)3)9-12-8-13(18)4-5-15(12)19/h4-5,8,14,16H,6-7,9-10H2,1-3H3,(H,20,21,22)/t14-,16+/m0/s1. The molecule has 2 heterocycles. The number of aromatic nitrogens is 3. The molecule has 130 valence electrons. The van der Waals surface area contributed by atoms with Crippen LogP contribution in [0.5, 0.6) is 0 Å². The minimum atomic E-state index is -0.201. The van der Waals surface area contributed by atoms with Gasteiger partial charge in [0.25, 0.3) is 0 Å². The fourth-order valence-electron chi connectivity index (χ4n) is 3.40. The summed E-state index contributed by atoms with van der Waals surface area (Å²) in [6, 6.07) is 5.02. The van der Waals surface area contributed by atoms with Crippen molar-refractivity contribution >= 4 is 11.6 Å². The zero-order valence-electron chi connectivity index (χ0n) is 14.3. The predicted molar refractivity (Wildman–Crippen MR) is 92.6 cm³/mol. The number of benzene rings is 1. The fraction of sp³-hybridized carbons (Fsp3) is 0.529. The first-order valence-corrected chi connectivity index (χ1v) is 8.53. The van der Waals surface area contributed by atoms with Crippen molar-refractivity contribution in [1.82, 2.24) is 25.0 Å². The molecule has 5 nitrogen and oxygen atoms in total. The predicted octanol–water partition coefficient (Wildman–Crippen LogP) is 2.83. The number of aromatic amines is 1. The van der Waals surface area contributed by atoms with Crippen molar-refractivity contribution in [2.45, 2.75) is 31.8 Å². The fourth-order valence-corrected chi connectivity index (χ4v) is 3.59. The van der Waals surface area contributed by atoms with E-state index >= 15 is 0 Å². The van der Waals surface area contributed by atoms with Crippen LogP contribution in [0.15, 0.2) is 18.2 Å². The average Bonchev–Trinajstić information content (AvgIpc) is 2.97. The third kappa shape index (κ3) is 3.77. The van der Waals surface area contributed by atoms with Gasteiger partial charge in [0.1, 0.15) is 11.6 Å². The number of H-pyrrole nitrogens is 1. The van der Waals surface area contributed by atoms with Crippen LogP contribution in [0.2, 0.25) is 5.02 Å². The van der Waals surface area contributed by atoms with Crippen molar-refractivity contribution in [1.29, 1.82) is 0 Å². The molecule has 2 atom stereocenters. The van der Waals surface area contributed by atoms with Gasteiger partial charge in [0.15, 0.2) is 5.82 Å². The molecule has 1 aromatic heterocycles. The third-order valence-corrected chi connectivity index (χ3v) is 4.91. The first-order valence-electron chi connectivity index (χ1n) is 8.15. The van der Waals surface area contributed by atoms with Crippen LogP contribution in [-0.4, -0.2) is 58.2 Å². The lowest BCUT2D eigenvalue weighted by Crippen LogP contribution is -2.49. The van der Waals surface area contributed by atoms with E-state index in [-0.39, 0.29) is 17.8 Å². The SMILES string of the molecule is Cc1nc([C@H]2CCN(Cc3cc(Cl)ccc3F)C[C@H]2N(C)C)n[nH]1. The summed E-state index contributed by atoms with van der Waals surface area (Å²) >= 11 is 6.01. The highest BCUT2D eigenvalue weighted by Gasteiger charge is 2.34. The Morgan fingerprint density at radius 3 is 2.88 bits per heavy atom. The van der Waals surface area contributed by atoms with E-state index in [0.29, 0.717) is 17.1 Å². The molecule has 0 bridgehead atoms. The summed E-state index contributed by atoms with van der Waals surface area (Å²) in [4.78, 5) is 8.99. The molecule has 1 aliphatic heterocycles. The maximum absolute atomic E-state index is 14.0. The third-order valence-electron chi connectivity index (χ3n) is 4.68. The molecule has 0 spiro atoms. The number of likely N-dealkylation sites (tertiary alicyclic amines) is 1. The maximum Gasteiger partial charge on any atom is 0.155 e. The summed E-state index contributed by atoms with van der Waals surface area (Å²) in [6.45, 7) is 4.21. The number of nitrogens with zero attached hydrogens (tertiary/aromatic N) is 4. The van der Waals surface area contributed by atoms with Gasteiger partial charge in [-0.15, -0.1) is 0 Å². The van der Waals surface area contributed by atoms with Gasteiger partial charge < -0.3 is 4.90 Å². The van der Waals surface area contributed by atoms with Crippen molar-refractivity contribution < 1.29 is 4.39 Å². The van der Waals surface area contributed by atoms with E-state index < -0.39 is 0 Å². The first kappa shape index (κ1) is 17.3. The Hall–Kier alpha value is -1.50. The van der Waals surface area contributed by atoms with Crippen LogP contribution in [0, 0.1) is 12.7 Å². The van der Waals surface area contributed by atoms with Crippen molar-refractivity contribution in [3.63, 3.8) is 0 Å². The van der Waals surface area contributed by atoms with Crippen LogP contribution < -0.4 is 0 Å². The Morgan fingerprint density at radius 2 is 2.21 bits per heavy atom. The topological polar surface area (TPSA) is 48.1 Å². The van der Waals surface area contributed by atoms with Crippen LogP contribution >= 0.6 is 11.6 Å². The van der Waals surface area contributed by atoms with Crippen LogP contribution in [-0.2, 0) is 6.54 Å². The molecule has 24 heavy (non-hydrogen) atoms. The Morgan fingerprint density at radius 1 is 1.42 bits per heavy atom. The highest BCUT2D eigenvalue weighted by atomic mass is 35.5. The molecule has 1 N–H and O–H groups in total. The lowest BCUT2D eigenvalue weighted by atomic mass is 9.89. The minimum Gasteiger partial charge on any atom is -0.304 e. The molecule has 0 unspecified atom stereocenters. The number of hydrogen-bond acceptors (Lipinski definition) is 4. The second-order valence-corrected chi connectivity index (χ2v) is 7.11. The maximum atomic E-state index is 14.0. The number of hydrogen-bond donors (Lipinski definition) is 1. The largest absolute Gasteiger partial charge is 0.304 e. The monoisotopic (exact) mass is 351 g/mol. The second kappa shape index (κ2) is 7.17. The normalized spacial score (nSPS) is 22.2. The average molecular weight is 352 g/mol. The van der Waals surface area contributed by atoms with Crippen molar-refractivity contribution in [3.05, 3.63) is 46.3 Å². The van der Waals surface area contributed by atoms with Crippen molar-refractivity contribution in [3.8, 4) is 0 Å². The van der Waals surface area contributed by atoms with Gasteiger partial charge in [-0.3, -0.25) is 10.00 Å². The molecule has 0 saturated carbocycles. The first-order chi connectivity index (χ1) is 11.4. The number of rotatable bonds is 4. The summed E-state index contributed by atoms with van der Waals surface area (Å²) in [5, 5.41) is 7.85. The molecule has 3 rings (SSSR count). The Labute approximate surface area is 146 Å². The van der Waals surface area contributed by atoms with E-state index in [1.165, 1.54) is 6.07 Å². The zero-order chi connectivity index (χ0) is 17.3. The van der Waals surface area contributed by atoms with E-state index in [2.05, 4.69) is 39.1 Å². The Kier molecular flexibility index (Phi) is 5.18. The van der Waals surface area contributed by atoms with Gasteiger partial charge in [-0.25, -0.2) is 9.37 Å². The number of likely N-dealkylation sites (N-methyl/N-ethyl adjacent to an activating group) is 1. The summed E-state index contributed by atoms with van der Waals surface area (Å²) in [5.41, 5.74) is 0.646. The van der Waals surface area contributed by atoms with Gasteiger partial charge in [0.05, 0.1) is 0 Å². The molecule has 1 fully saturated rings. The quantitative estimate of drug-likeness (QED) is 0.920. The van der Waals surface area contributed by atoms with Gasteiger partial charge >= 0.3 is 0 Å². The smallest absolute Gasteiger partial charge is 0.155 e. The highest BCUT2D eigenvalue weighted by Crippen LogP contribution is 2.30. The van der Waals surface area contributed by atoms with Gasteiger partial charge in [0, 0.05) is 35.6 Å². The molecular formula is C17H23ClFN5. The molecule has 1 aromatic carbocycles. The zero-order valence-corrected chi connectivity index (χ0v) is 15.0. The summed E-state index contributed by atoms with van der Waals surface area (Å²) < 4.78 is 14.0.